The normalized spacial score (nSPS) is 32.3. The Morgan fingerprint density at radius 2 is 2.15 bits per heavy atom. The molecule has 0 aromatic heterocycles. The Kier molecular flexibility index (Phi) is 4.29. The van der Waals surface area contributed by atoms with Crippen LogP contribution in [0.3, 0.4) is 0 Å². The topological polar surface area (TPSA) is 53.6 Å². The zero-order chi connectivity index (χ0) is 19.3. The molecule has 0 radical (unpaired) electrons. The Bertz CT molecular complexity index is 743. The van der Waals surface area contributed by atoms with Crippen LogP contribution >= 0.6 is 0 Å². The van der Waals surface area contributed by atoms with Gasteiger partial charge in [0, 0.05) is 18.8 Å². The van der Waals surface area contributed by atoms with E-state index in [1.807, 2.05) is 11.5 Å². The molecule has 27 heavy (non-hydrogen) atoms. The second-order valence-corrected chi connectivity index (χ2v) is 7.75. The summed E-state index contributed by atoms with van der Waals surface area (Å²) in [5.74, 6) is -1.06. The van der Waals surface area contributed by atoms with E-state index in [4.69, 9.17) is 4.74 Å². The summed E-state index contributed by atoms with van der Waals surface area (Å²) in [4.78, 5) is 13.4. The summed E-state index contributed by atoms with van der Waals surface area (Å²) in [6.45, 7) is -0.233. The lowest BCUT2D eigenvalue weighted by Gasteiger charge is -2.42. The summed E-state index contributed by atoms with van der Waals surface area (Å²) in [6, 6.07) is 0. The van der Waals surface area contributed by atoms with Crippen LogP contribution in [-0.4, -0.2) is 36.3 Å². The number of nitrogens with one attached hydrogen (secondary N) is 2. The van der Waals surface area contributed by atoms with Gasteiger partial charge in [0.1, 0.15) is 5.76 Å². The molecule has 2 N–H and O–H groups in total. The molecule has 1 amide bonds. The fourth-order valence-electron chi connectivity index (χ4n) is 4.82. The highest BCUT2D eigenvalue weighted by Gasteiger charge is 2.58. The Hall–Kier alpha value is -1.96. The number of amides is 1. The maximum Gasteiger partial charge on any atom is 0.471 e. The van der Waals surface area contributed by atoms with Gasteiger partial charge in [-0.15, -0.1) is 0 Å². The van der Waals surface area contributed by atoms with Crippen LogP contribution in [0.25, 0.3) is 0 Å². The molecule has 5 nitrogen and oxygen atoms in total. The molecule has 0 bridgehead atoms. The molecule has 4 rings (SSSR count). The van der Waals surface area contributed by atoms with Crippen molar-refractivity contribution in [2.75, 3.05) is 13.6 Å². The van der Waals surface area contributed by atoms with Crippen LogP contribution in [0, 0.1) is 5.41 Å². The third-order valence-electron chi connectivity index (χ3n) is 6.16. The van der Waals surface area contributed by atoms with Crippen LogP contribution in [0.15, 0.2) is 35.5 Å². The minimum absolute atomic E-state index is 0.233. The number of nitrogens with zero attached hydrogens (tertiary/aromatic N) is 1. The van der Waals surface area contributed by atoms with E-state index in [1.165, 1.54) is 5.57 Å². The largest absolute Gasteiger partial charge is 0.472 e. The van der Waals surface area contributed by atoms with Gasteiger partial charge in [0.15, 0.2) is 5.72 Å². The summed E-state index contributed by atoms with van der Waals surface area (Å²) in [5, 5.41) is 5.07. The number of carbonyl (C=O) groups is 1. The average Bonchev–Trinajstić information content (AvgIpc) is 2.99. The number of fused-ring (bicyclic) bond motifs is 1. The molecule has 1 spiro atoms. The van der Waals surface area contributed by atoms with Gasteiger partial charge in [-0.25, -0.2) is 0 Å². The van der Waals surface area contributed by atoms with E-state index in [-0.39, 0.29) is 12.0 Å². The van der Waals surface area contributed by atoms with Crippen LogP contribution in [0.1, 0.15) is 44.9 Å². The number of hydrogen-bond donors (Lipinski definition) is 2. The number of ether oxygens (including phenoxy) is 1. The van der Waals surface area contributed by atoms with E-state index in [0.717, 1.165) is 50.0 Å². The van der Waals surface area contributed by atoms with E-state index in [1.54, 1.807) is 7.05 Å². The first-order valence-corrected chi connectivity index (χ1v) is 9.42. The number of carbonyl (C=O) groups excluding carboxylic acids is 1. The van der Waals surface area contributed by atoms with E-state index in [0.29, 0.717) is 6.42 Å². The Labute approximate surface area is 156 Å². The summed E-state index contributed by atoms with van der Waals surface area (Å²) in [6.07, 6.45) is 7.74. The van der Waals surface area contributed by atoms with Crippen molar-refractivity contribution in [3.63, 3.8) is 0 Å². The van der Waals surface area contributed by atoms with Crippen LogP contribution in [0.4, 0.5) is 13.2 Å². The van der Waals surface area contributed by atoms with Crippen molar-refractivity contribution in [1.29, 1.82) is 0 Å². The standard InChI is InChI=1S/C19H24F3N3O2/c1-23-18(12-24-16(26)19(20,21)22)11-17-8-4-2-6-13(17)10-25-9-5-3-7-14(25)15(17)27-18/h5,9-10,23H,2-4,6-8,11-12H2,1H3,(H,24,26). The maximum absolute atomic E-state index is 12.6. The molecule has 0 aromatic carbocycles. The third kappa shape index (κ3) is 2.94. The number of allylic oxidation sites excluding steroid dienone is 3. The van der Waals surface area contributed by atoms with Crippen molar-refractivity contribution < 1.29 is 22.7 Å². The first-order valence-electron chi connectivity index (χ1n) is 9.42. The molecule has 8 heteroatoms. The minimum atomic E-state index is -4.90. The lowest BCUT2D eigenvalue weighted by atomic mass is 9.65. The molecule has 148 valence electrons. The lowest BCUT2D eigenvalue weighted by Crippen LogP contribution is -2.54. The predicted molar refractivity (Wildman–Crippen MR) is 92.8 cm³/mol. The Balaban J connectivity index is 1.68. The van der Waals surface area contributed by atoms with Gasteiger partial charge in [0.2, 0.25) is 0 Å². The smallest absolute Gasteiger partial charge is 0.471 e. The Morgan fingerprint density at radius 3 is 2.89 bits per heavy atom. The van der Waals surface area contributed by atoms with Gasteiger partial charge in [0.25, 0.3) is 0 Å². The fraction of sp³-hybridized carbons (Fsp3) is 0.632. The number of alkyl halides is 3. The molecule has 0 aromatic rings. The van der Waals surface area contributed by atoms with Gasteiger partial charge in [0.05, 0.1) is 17.7 Å². The molecule has 2 unspecified atom stereocenters. The molecule has 3 aliphatic heterocycles. The molecule has 4 aliphatic rings. The zero-order valence-corrected chi connectivity index (χ0v) is 15.3. The van der Waals surface area contributed by atoms with E-state index < -0.39 is 17.8 Å². The van der Waals surface area contributed by atoms with Gasteiger partial charge >= 0.3 is 12.1 Å². The first-order chi connectivity index (χ1) is 12.8. The van der Waals surface area contributed by atoms with Crippen molar-refractivity contribution in [3.05, 3.63) is 35.5 Å². The molecule has 1 saturated carbocycles. The Morgan fingerprint density at radius 1 is 1.33 bits per heavy atom. The lowest BCUT2D eigenvalue weighted by molar-refractivity contribution is -0.174. The molecule has 1 saturated heterocycles. The van der Waals surface area contributed by atoms with E-state index in [9.17, 15) is 18.0 Å². The first kappa shape index (κ1) is 18.4. The molecular formula is C19H24F3N3O2. The quantitative estimate of drug-likeness (QED) is 0.785. The summed E-state index contributed by atoms with van der Waals surface area (Å²) in [5.41, 5.74) is 1.04. The van der Waals surface area contributed by atoms with Crippen molar-refractivity contribution in [2.24, 2.45) is 5.41 Å². The SMILES string of the molecule is CNC1(CNC(=O)C(F)(F)F)CC23CCCCC2=CN2C=CCCC2=C3O1. The van der Waals surface area contributed by atoms with Crippen molar-refractivity contribution in [1.82, 2.24) is 15.5 Å². The van der Waals surface area contributed by atoms with Gasteiger partial charge in [-0.2, -0.15) is 13.2 Å². The van der Waals surface area contributed by atoms with Crippen LogP contribution in [0.5, 0.6) is 0 Å². The molecular weight excluding hydrogens is 359 g/mol. The highest BCUT2D eigenvalue weighted by molar-refractivity contribution is 5.81. The van der Waals surface area contributed by atoms with E-state index in [2.05, 4.69) is 22.5 Å². The summed E-state index contributed by atoms with van der Waals surface area (Å²) < 4.78 is 44.3. The third-order valence-corrected chi connectivity index (χ3v) is 6.16. The highest BCUT2D eigenvalue weighted by atomic mass is 19.4. The van der Waals surface area contributed by atoms with Crippen molar-refractivity contribution in [2.45, 2.75) is 56.8 Å². The predicted octanol–water partition coefficient (Wildman–Crippen LogP) is 3.28. The maximum atomic E-state index is 12.6. The second kappa shape index (κ2) is 6.29. The summed E-state index contributed by atoms with van der Waals surface area (Å²) >= 11 is 0. The number of halogens is 3. The number of rotatable bonds is 3. The molecule has 3 heterocycles. The molecule has 1 aliphatic carbocycles. The molecule has 2 fully saturated rings. The zero-order valence-electron chi connectivity index (χ0n) is 15.3. The van der Waals surface area contributed by atoms with Crippen LogP contribution in [0.2, 0.25) is 0 Å². The van der Waals surface area contributed by atoms with E-state index >= 15 is 0 Å². The second-order valence-electron chi connectivity index (χ2n) is 7.75. The highest BCUT2D eigenvalue weighted by Crippen LogP contribution is 2.60. The van der Waals surface area contributed by atoms with Gasteiger partial charge in [-0.1, -0.05) is 12.5 Å². The summed E-state index contributed by atoms with van der Waals surface area (Å²) in [7, 11) is 1.67. The van der Waals surface area contributed by atoms with Gasteiger partial charge in [-0.05, 0) is 44.7 Å². The monoisotopic (exact) mass is 383 g/mol. The van der Waals surface area contributed by atoms with Gasteiger partial charge < -0.3 is 15.0 Å². The van der Waals surface area contributed by atoms with Crippen molar-refractivity contribution >= 4 is 5.91 Å². The number of hydrogen-bond acceptors (Lipinski definition) is 4. The van der Waals surface area contributed by atoms with Crippen LogP contribution in [-0.2, 0) is 9.53 Å². The van der Waals surface area contributed by atoms with Gasteiger partial charge in [-0.3, -0.25) is 10.1 Å². The van der Waals surface area contributed by atoms with Crippen LogP contribution < -0.4 is 10.6 Å². The molecule has 2 atom stereocenters. The average molecular weight is 383 g/mol. The minimum Gasteiger partial charge on any atom is -0.472 e. The fourth-order valence-corrected chi connectivity index (χ4v) is 4.82. The number of likely N-dealkylation sites (N-methyl/N-ethyl adjacent to an activating group) is 1. The van der Waals surface area contributed by atoms with Crippen molar-refractivity contribution in [3.8, 4) is 0 Å².